The van der Waals surface area contributed by atoms with Gasteiger partial charge in [0.2, 0.25) is 21.8 Å². The molecule has 0 aromatic heterocycles. The second-order valence-corrected chi connectivity index (χ2v) is 11.4. The van der Waals surface area contributed by atoms with Crippen LogP contribution < -0.4 is 9.62 Å². The zero-order valence-corrected chi connectivity index (χ0v) is 23.2. The number of hydrogen-bond acceptors (Lipinski definition) is 4. The van der Waals surface area contributed by atoms with E-state index in [4.69, 9.17) is 34.8 Å². The van der Waals surface area contributed by atoms with Crippen LogP contribution in [0.1, 0.15) is 39.2 Å². The summed E-state index contributed by atoms with van der Waals surface area (Å²) in [6.45, 7) is 5.09. The molecule has 2 atom stereocenters. The minimum absolute atomic E-state index is 0.0266. The van der Waals surface area contributed by atoms with Gasteiger partial charge in [0.15, 0.2) is 0 Å². The van der Waals surface area contributed by atoms with Crippen molar-refractivity contribution < 1.29 is 18.0 Å². The lowest BCUT2D eigenvalue weighted by atomic mass is 10.1. The van der Waals surface area contributed by atoms with Crippen LogP contribution in [0.2, 0.25) is 15.1 Å². The Kier molecular flexibility index (Phi) is 10.7. The molecule has 0 unspecified atom stereocenters. The van der Waals surface area contributed by atoms with Gasteiger partial charge in [-0.25, -0.2) is 8.42 Å². The Morgan fingerprint density at radius 3 is 2.11 bits per heavy atom. The molecule has 2 amide bonds. The van der Waals surface area contributed by atoms with Crippen LogP contribution in [0.15, 0.2) is 42.5 Å². The fraction of sp³-hybridized carbons (Fsp3) is 0.417. The lowest BCUT2D eigenvalue weighted by Crippen LogP contribution is -2.53. The molecular weight excluding hydrogens is 533 g/mol. The fourth-order valence-electron chi connectivity index (χ4n) is 3.47. The Morgan fingerprint density at radius 1 is 1.00 bits per heavy atom. The zero-order chi connectivity index (χ0) is 26.3. The van der Waals surface area contributed by atoms with Gasteiger partial charge in [0, 0.05) is 27.7 Å². The largest absolute Gasteiger partial charge is 0.352 e. The lowest BCUT2D eigenvalue weighted by molar-refractivity contribution is -0.140. The maximum absolute atomic E-state index is 13.7. The summed E-state index contributed by atoms with van der Waals surface area (Å²) in [5, 5.41) is 3.79. The van der Waals surface area contributed by atoms with E-state index in [0.29, 0.717) is 17.0 Å². The van der Waals surface area contributed by atoms with Crippen LogP contribution in [-0.2, 0) is 26.2 Å². The van der Waals surface area contributed by atoms with E-state index in [-0.39, 0.29) is 34.2 Å². The summed E-state index contributed by atoms with van der Waals surface area (Å²) in [4.78, 5) is 28.1. The first-order valence-electron chi connectivity index (χ1n) is 11.1. The van der Waals surface area contributed by atoms with Crippen molar-refractivity contribution in [1.29, 1.82) is 0 Å². The van der Waals surface area contributed by atoms with Crippen LogP contribution in [0.4, 0.5) is 5.69 Å². The molecule has 0 saturated carbocycles. The maximum Gasteiger partial charge on any atom is 0.244 e. The topological polar surface area (TPSA) is 86.8 Å². The van der Waals surface area contributed by atoms with Gasteiger partial charge in [-0.05, 0) is 49.6 Å². The number of amides is 2. The van der Waals surface area contributed by atoms with Crippen LogP contribution in [-0.4, -0.2) is 50.0 Å². The monoisotopic (exact) mass is 561 g/mol. The molecule has 0 heterocycles. The van der Waals surface area contributed by atoms with Crippen molar-refractivity contribution in [3.8, 4) is 0 Å². The Bertz CT molecular complexity index is 1140. The van der Waals surface area contributed by atoms with Crippen molar-refractivity contribution in [2.45, 2.75) is 52.2 Å². The van der Waals surface area contributed by atoms with Crippen molar-refractivity contribution >= 4 is 62.3 Å². The molecule has 192 valence electrons. The van der Waals surface area contributed by atoms with Gasteiger partial charge in [0.25, 0.3) is 0 Å². The number of nitrogens with one attached hydrogen (secondary N) is 1. The van der Waals surface area contributed by atoms with E-state index in [9.17, 15) is 18.0 Å². The zero-order valence-electron chi connectivity index (χ0n) is 20.1. The number of nitrogens with zero attached hydrogens (tertiary/aromatic N) is 2. The van der Waals surface area contributed by atoms with Crippen molar-refractivity contribution in [3.63, 3.8) is 0 Å². The number of halogens is 3. The molecule has 2 rings (SSSR count). The number of rotatable bonds is 11. The van der Waals surface area contributed by atoms with Crippen molar-refractivity contribution in [2.24, 2.45) is 0 Å². The molecule has 0 radical (unpaired) electrons. The second kappa shape index (κ2) is 12.8. The highest BCUT2D eigenvalue weighted by molar-refractivity contribution is 7.92. The molecule has 0 aliphatic heterocycles. The predicted octanol–water partition coefficient (Wildman–Crippen LogP) is 5.13. The Labute approximate surface area is 222 Å². The third kappa shape index (κ3) is 8.27. The van der Waals surface area contributed by atoms with Gasteiger partial charge in [-0.2, -0.15) is 0 Å². The number of benzene rings is 2. The molecule has 0 saturated heterocycles. The van der Waals surface area contributed by atoms with E-state index >= 15 is 0 Å². The van der Waals surface area contributed by atoms with E-state index in [1.165, 1.54) is 23.1 Å². The molecular formula is C24H30Cl3N3O4S. The van der Waals surface area contributed by atoms with Gasteiger partial charge < -0.3 is 10.2 Å². The highest BCUT2D eigenvalue weighted by Gasteiger charge is 2.32. The van der Waals surface area contributed by atoms with Gasteiger partial charge >= 0.3 is 0 Å². The van der Waals surface area contributed by atoms with Gasteiger partial charge in [-0.1, -0.05) is 66.8 Å². The van der Waals surface area contributed by atoms with E-state index in [2.05, 4.69) is 5.32 Å². The molecule has 11 heteroatoms. The maximum atomic E-state index is 13.7. The molecule has 35 heavy (non-hydrogen) atoms. The van der Waals surface area contributed by atoms with Crippen molar-refractivity contribution in [3.05, 3.63) is 63.1 Å². The number of carbonyl (C=O) groups excluding carboxylic acids is 2. The number of hydrogen-bond donors (Lipinski definition) is 1. The quantitative estimate of drug-likeness (QED) is 0.411. The standard InChI is InChI=1S/C24H30Cl3N3O4S/c1-5-16(3)28-24(32)22(6-2)29(14-17-9-7-8-10-21(17)27)23(31)15-30(35(4,33)34)20-12-18(25)11-19(26)13-20/h7-13,16,22H,5-6,14-15H2,1-4H3,(H,28,32)/t16-,22-/m1/s1. The fourth-order valence-corrected chi connectivity index (χ4v) is 5.01. The Morgan fingerprint density at radius 2 is 1.60 bits per heavy atom. The third-order valence-corrected chi connectivity index (χ3v) is 7.45. The first-order valence-corrected chi connectivity index (χ1v) is 14.1. The van der Waals surface area contributed by atoms with E-state index in [0.717, 1.165) is 17.0 Å². The SMILES string of the molecule is CC[C@@H](C)NC(=O)[C@@H](CC)N(Cc1ccccc1Cl)C(=O)CN(c1cc(Cl)cc(Cl)c1)S(C)(=O)=O. The van der Waals surface area contributed by atoms with Crippen LogP contribution in [0.3, 0.4) is 0 Å². The minimum atomic E-state index is -3.89. The van der Waals surface area contributed by atoms with Crippen LogP contribution >= 0.6 is 34.8 Å². The normalized spacial score (nSPS) is 13.1. The molecule has 1 N–H and O–H groups in total. The van der Waals surface area contributed by atoms with Gasteiger partial charge in [0.1, 0.15) is 12.6 Å². The highest BCUT2D eigenvalue weighted by Crippen LogP contribution is 2.28. The summed E-state index contributed by atoms with van der Waals surface area (Å²) in [5.41, 5.74) is 0.780. The molecule has 2 aromatic rings. The lowest BCUT2D eigenvalue weighted by Gasteiger charge is -2.33. The smallest absolute Gasteiger partial charge is 0.244 e. The molecule has 2 aromatic carbocycles. The number of sulfonamides is 1. The summed E-state index contributed by atoms with van der Waals surface area (Å²) in [6.07, 6.45) is 2.03. The Hall–Kier alpha value is -2.00. The summed E-state index contributed by atoms with van der Waals surface area (Å²) in [7, 11) is -3.89. The average Bonchev–Trinajstić information content (AvgIpc) is 2.76. The van der Waals surface area contributed by atoms with Crippen molar-refractivity contribution in [1.82, 2.24) is 10.2 Å². The van der Waals surface area contributed by atoms with Crippen LogP contribution in [0.25, 0.3) is 0 Å². The summed E-state index contributed by atoms with van der Waals surface area (Å²) < 4.78 is 26.2. The highest BCUT2D eigenvalue weighted by atomic mass is 35.5. The van der Waals surface area contributed by atoms with Gasteiger partial charge in [0.05, 0.1) is 11.9 Å². The van der Waals surface area contributed by atoms with Crippen LogP contribution in [0, 0.1) is 0 Å². The molecule has 0 bridgehead atoms. The summed E-state index contributed by atoms with van der Waals surface area (Å²) in [6, 6.07) is 10.3. The third-order valence-electron chi connectivity index (χ3n) is 5.50. The molecule has 0 fully saturated rings. The molecule has 0 aliphatic carbocycles. The molecule has 0 aliphatic rings. The number of carbonyl (C=O) groups is 2. The Balaban J connectivity index is 2.49. The van der Waals surface area contributed by atoms with Gasteiger partial charge in [-0.3, -0.25) is 13.9 Å². The summed E-state index contributed by atoms with van der Waals surface area (Å²) >= 11 is 18.5. The molecule has 7 nitrogen and oxygen atoms in total. The van der Waals surface area contributed by atoms with E-state index < -0.39 is 28.5 Å². The first-order chi connectivity index (χ1) is 16.4. The van der Waals surface area contributed by atoms with Crippen molar-refractivity contribution in [2.75, 3.05) is 17.1 Å². The van der Waals surface area contributed by atoms with E-state index in [1.54, 1.807) is 31.2 Å². The predicted molar refractivity (Wildman–Crippen MR) is 143 cm³/mol. The minimum Gasteiger partial charge on any atom is -0.352 e. The van der Waals surface area contributed by atoms with Crippen LogP contribution in [0.5, 0.6) is 0 Å². The molecule has 0 spiro atoms. The average molecular weight is 563 g/mol. The first kappa shape index (κ1) is 29.2. The number of anilines is 1. The summed E-state index contributed by atoms with van der Waals surface area (Å²) in [5.74, 6) is -0.892. The second-order valence-electron chi connectivity index (χ2n) is 8.25. The van der Waals surface area contributed by atoms with Gasteiger partial charge in [-0.15, -0.1) is 0 Å². The van der Waals surface area contributed by atoms with E-state index in [1.807, 2.05) is 13.8 Å².